The SMILES string of the molecule is C[C@@H](O)[C@H]1CC[C@H]2[C@@H]3CCC4CC(NC(=O)CN)CC[C@]4(C)[C@H]3CC[C@]12C. The van der Waals surface area contributed by atoms with Gasteiger partial charge in [-0.05, 0) is 105 Å². The number of hydrogen-bond donors (Lipinski definition) is 3. The van der Waals surface area contributed by atoms with Crippen LogP contribution in [-0.4, -0.2) is 29.7 Å². The van der Waals surface area contributed by atoms with Gasteiger partial charge in [-0.15, -0.1) is 0 Å². The van der Waals surface area contributed by atoms with E-state index in [9.17, 15) is 9.90 Å². The molecule has 1 amide bonds. The largest absolute Gasteiger partial charge is 0.393 e. The number of amides is 1. The Hall–Kier alpha value is -0.610. The van der Waals surface area contributed by atoms with E-state index in [1.807, 2.05) is 6.92 Å². The molecule has 4 aliphatic rings. The smallest absolute Gasteiger partial charge is 0.233 e. The van der Waals surface area contributed by atoms with E-state index < -0.39 is 0 Å². The summed E-state index contributed by atoms with van der Waals surface area (Å²) in [5.74, 6) is 3.74. The van der Waals surface area contributed by atoms with Crippen LogP contribution in [0.25, 0.3) is 0 Å². The fourth-order valence-electron chi connectivity index (χ4n) is 8.51. The molecule has 154 valence electrons. The fraction of sp³-hybridized carbons (Fsp3) is 0.957. The molecule has 4 nitrogen and oxygen atoms in total. The van der Waals surface area contributed by atoms with Gasteiger partial charge in [-0.1, -0.05) is 13.8 Å². The van der Waals surface area contributed by atoms with E-state index in [-0.39, 0.29) is 18.6 Å². The highest BCUT2D eigenvalue weighted by Gasteiger charge is 2.60. The molecule has 2 unspecified atom stereocenters. The second kappa shape index (κ2) is 7.02. The Bertz CT molecular complexity index is 579. The van der Waals surface area contributed by atoms with E-state index in [1.54, 1.807) is 0 Å². The van der Waals surface area contributed by atoms with Gasteiger partial charge in [0, 0.05) is 6.04 Å². The lowest BCUT2D eigenvalue weighted by Crippen LogP contribution is -2.56. The molecule has 0 radical (unpaired) electrons. The van der Waals surface area contributed by atoms with Gasteiger partial charge in [-0.25, -0.2) is 0 Å². The van der Waals surface area contributed by atoms with Crippen molar-refractivity contribution in [2.24, 2.45) is 46.2 Å². The lowest BCUT2D eigenvalue weighted by Gasteiger charge is -2.61. The normalized spacial score (nSPS) is 50.3. The van der Waals surface area contributed by atoms with Crippen molar-refractivity contribution in [3.8, 4) is 0 Å². The number of carbonyl (C=O) groups excluding carboxylic acids is 1. The summed E-state index contributed by atoms with van der Waals surface area (Å²) in [7, 11) is 0. The monoisotopic (exact) mass is 376 g/mol. The zero-order chi connectivity index (χ0) is 19.4. The summed E-state index contributed by atoms with van der Waals surface area (Å²) < 4.78 is 0. The number of aliphatic hydroxyl groups excluding tert-OH is 1. The van der Waals surface area contributed by atoms with Crippen LogP contribution in [0.5, 0.6) is 0 Å². The summed E-state index contributed by atoms with van der Waals surface area (Å²) in [6.45, 7) is 7.18. The van der Waals surface area contributed by atoms with Crippen LogP contribution in [0.1, 0.15) is 78.6 Å². The Balaban J connectivity index is 1.50. The van der Waals surface area contributed by atoms with E-state index in [4.69, 9.17) is 5.73 Å². The summed E-state index contributed by atoms with van der Waals surface area (Å²) in [6, 6.07) is 0.329. The van der Waals surface area contributed by atoms with Crippen LogP contribution >= 0.6 is 0 Å². The van der Waals surface area contributed by atoms with Gasteiger partial charge in [-0.3, -0.25) is 4.79 Å². The van der Waals surface area contributed by atoms with Gasteiger partial charge in [0.1, 0.15) is 0 Å². The zero-order valence-electron chi connectivity index (χ0n) is 17.5. The van der Waals surface area contributed by atoms with Crippen LogP contribution in [-0.2, 0) is 4.79 Å². The van der Waals surface area contributed by atoms with Crippen LogP contribution in [0.2, 0.25) is 0 Å². The average molecular weight is 377 g/mol. The van der Waals surface area contributed by atoms with Crippen molar-refractivity contribution in [3.63, 3.8) is 0 Å². The van der Waals surface area contributed by atoms with E-state index >= 15 is 0 Å². The van der Waals surface area contributed by atoms with E-state index in [2.05, 4.69) is 19.2 Å². The number of fused-ring (bicyclic) bond motifs is 5. The third-order valence-corrected chi connectivity index (χ3v) is 9.87. The van der Waals surface area contributed by atoms with Crippen LogP contribution in [0.4, 0.5) is 0 Å². The second-order valence-corrected chi connectivity index (χ2v) is 10.9. The van der Waals surface area contributed by atoms with E-state index in [1.165, 1.54) is 44.9 Å². The minimum absolute atomic E-state index is 0.000780. The van der Waals surface area contributed by atoms with Crippen molar-refractivity contribution in [3.05, 3.63) is 0 Å². The molecule has 4 aliphatic carbocycles. The summed E-state index contributed by atoms with van der Waals surface area (Å²) in [6.07, 6.45) is 11.2. The Kier molecular flexibility index (Phi) is 5.12. The molecule has 0 aromatic heterocycles. The van der Waals surface area contributed by atoms with Gasteiger partial charge in [0.2, 0.25) is 5.91 Å². The van der Waals surface area contributed by atoms with E-state index in [0.29, 0.717) is 22.8 Å². The molecule has 4 saturated carbocycles. The van der Waals surface area contributed by atoms with Gasteiger partial charge in [0.25, 0.3) is 0 Å². The Morgan fingerprint density at radius 2 is 1.78 bits per heavy atom. The first kappa shape index (κ1) is 19.7. The maximum absolute atomic E-state index is 11.7. The van der Waals surface area contributed by atoms with Crippen LogP contribution in [0.15, 0.2) is 0 Å². The highest BCUT2D eigenvalue weighted by atomic mass is 16.3. The van der Waals surface area contributed by atoms with Crippen molar-refractivity contribution in [2.75, 3.05) is 6.54 Å². The number of hydrogen-bond acceptors (Lipinski definition) is 3. The van der Waals surface area contributed by atoms with Gasteiger partial charge < -0.3 is 16.2 Å². The number of rotatable bonds is 3. The molecule has 0 aliphatic heterocycles. The standard InChI is InChI=1S/C23H40N2O2/c1-14(26)18-6-7-19-17-5-4-15-12-16(25-21(27)13-24)8-10-22(15,2)20(17)9-11-23(18,19)3/h14-20,26H,4-13,24H2,1-3H3,(H,25,27)/t14-,15?,16?,17+,18-,19+,20+,22+,23-/m1/s1. The van der Waals surface area contributed by atoms with Crippen molar-refractivity contribution < 1.29 is 9.90 Å². The molecule has 0 spiro atoms. The lowest BCUT2D eigenvalue weighted by atomic mass is 9.44. The molecule has 9 atom stereocenters. The first-order chi connectivity index (χ1) is 12.8. The summed E-state index contributed by atoms with van der Waals surface area (Å²) in [5.41, 5.74) is 6.29. The highest BCUT2D eigenvalue weighted by molar-refractivity contribution is 5.78. The first-order valence-corrected chi connectivity index (χ1v) is 11.5. The van der Waals surface area contributed by atoms with Gasteiger partial charge in [0.05, 0.1) is 12.6 Å². The highest BCUT2D eigenvalue weighted by Crippen LogP contribution is 2.67. The molecule has 4 rings (SSSR count). The van der Waals surface area contributed by atoms with Gasteiger partial charge in [-0.2, -0.15) is 0 Å². The third-order valence-electron chi connectivity index (χ3n) is 9.87. The molecule has 27 heavy (non-hydrogen) atoms. The van der Waals surface area contributed by atoms with Crippen molar-refractivity contribution in [1.82, 2.24) is 5.32 Å². The van der Waals surface area contributed by atoms with Crippen LogP contribution in [0, 0.1) is 40.4 Å². The predicted molar refractivity (Wildman–Crippen MR) is 108 cm³/mol. The quantitative estimate of drug-likeness (QED) is 0.706. The molecule has 0 aromatic carbocycles. The van der Waals surface area contributed by atoms with Gasteiger partial charge >= 0.3 is 0 Å². The molecular formula is C23H40N2O2. The molecule has 0 saturated heterocycles. The Labute approximate surface area is 165 Å². The number of carbonyl (C=O) groups is 1. The molecule has 4 N–H and O–H groups in total. The summed E-state index contributed by atoms with van der Waals surface area (Å²) >= 11 is 0. The van der Waals surface area contributed by atoms with Gasteiger partial charge in [0.15, 0.2) is 0 Å². The molecular weight excluding hydrogens is 336 g/mol. The summed E-state index contributed by atoms with van der Waals surface area (Å²) in [4.78, 5) is 11.7. The van der Waals surface area contributed by atoms with Crippen LogP contribution in [0.3, 0.4) is 0 Å². The number of nitrogens with one attached hydrogen (secondary N) is 1. The van der Waals surface area contributed by atoms with Crippen molar-refractivity contribution in [2.45, 2.75) is 90.7 Å². The maximum atomic E-state index is 11.7. The van der Waals surface area contributed by atoms with Crippen molar-refractivity contribution in [1.29, 1.82) is 0 Å². The molecule has 4 heteroatoms. The molecule has 0 bridgehead atoms. The molecule has 4 fully saturated rings. The fourth-order valence-corrected chi connectivity index (χ4v) is 8.51. The van der Waals surface area contributed by atoms with E-state index in [0.717, 1.165) is 36.5 Å². The zero-order valence-corrected chi connectivity index (χ0v) is 17.5. The summed E-state index contributed by atoms with van der Waals surface area (Å²) in [5, 5.41) is 13.5. The minimum Gasteiger partial charge on any atom is -0.393 e. The van der Waals surface area contributed by atoms with Crippen molar-refractivity contribution >= 4 is 5.91 Å². The maximum Gasteiger partial charge on any atom is 0.233 e. The Morgan fingerprint density at radius 3 is 2.48 bits per heavy atom. The minimum atomic E-state index is -0.162. The molecule has 0 heterocycles. The topological polar surface area (TPSA) is 75.3 Å². The number of aliphatic hydroxyl groups is 1. The second-order valence-electron chi connectivity index (χ2n) is 10.9. The molecule has 0 aromatic rings. The first-order valence-electron chi connectivity index (χ1n) is 11.5. The predicted octanol–water partition coefficient (Wildman–Crippen LogP) is 3.47. The lowest BCUT2D eigenvalue weighted by molar-refractivity contribution is -0.128. The average Bonchev–Trinajstić information content (AvgIpc) is 2.99. The number of nitrogens with two attached hydrogens (primary N) is 1. The van der Waals surface area contributed by atoms with Crippen LogP contribution < -0.4 is 11.1 Å². The Morgan fingerprint density at radius 1 is 1.07 bits per heavy atom. The third kappa shape index (κ3) is 3.06.